The van der Waals surface area contributed by atoms with Crippen molar-refractivity contribution in [3.8, 4) is 0 Å². The zero-order valence-corrected chi connectivity index (χ0v) is 26.2. The standard InChI is InChI=1S/C33H46N4O6/c1-23-28(29(31(38)39)43-32(2,3)4)30-36-16-14-33(5,15-17-36)42-18-10-9-13-26(22-40-20-24-11-7-6-8-12-24)41-21-25-19-27(34-23)37(30)35-25/h6-8,11-12,19,26,29H,9-10,13-18,20-22H2,1-5H3,(H,38,39). The van der Waals surface area contributed by atoms with Crippen LogP contribution >= 0.6 is 0 Å². The van der Waals surface area contributed by atoms with Gasteiger partial charge in [0.15, 0.2) is 11.8 Å². The molecule has 3 aliphatic heterocycles. The summed E-state index contributed by atoms with van der Waals surface area (Å²) in [6, 6.07) is 12.1. The van der Waals surface area contributed by atoms with E-state index in [9.17, 15) is 9.90 Å². The molecule has 5 heterocycles. The van der Waals surface area contributed by atoms with Gasteiger partial charge in [-0.2, -0.15) is 9.61 Å². The number of aryl methyl sites for hydroxylation is 1. The highest BCUT2D eigenvalue weighted by Gasteiger charge is 2.37. The highest BCUT2D eigenvalue weighted by Crippen LogP contribution is 2.38. The molecule has 3 aromatic rings. The number of carbonyl (C=O) groups is 1. The van der Waals surface area contributed by atoms with Crippen LogP contribution in [0.3, 0.4) is 0 Å². The summed E-state index contributed by atoms with van der Waals surface area (Å²) in [5, 5.41) is 15.3. The third kappa shape index (κ3) is 7.92. The number of fused-ring (bicyclic) bond motifs is 9. The van der Waals surface area contributed by atoms with E-state index in [1.807, 2.05) is 52.0 Å². The van der Waals surface area contributed by atoms with Gasteiger partial charge < -0.3 is 29.0 Å². The van der Waals surface area contributed by atoms with Crippen molar-refractivity contribution in [1.82, 2.24) is 14.6 Å². The van der Waals surface area contributed by atoms with Gasteiger partial charge in [-0.1, -0.05) is 30.3 Å². The minimum Gasteiger partial charge on any atom is -0.479 e. The van der Waals surface area contributed by atoms with Crippen molar-refractivity contribution in [2.24, 2.45) is 0 Å². The fourth-order valence-corrected chi connectivity index (χ4v) is 5.86. The zero-order valence-electron chi connectivity index (χ0n) is 26.2. The number of aliphatic carboxylic acids is 1. The normalized spacial score (nSPS) is 22.7. The van der Waals surface area contributed by atoms with Gasteiger partial charge in [-0.05, 0) is 72.3 Å². The Labute approximate surface area is 254 Å². The summed E-state index contributed by atoms with van der Waals surface area (Å²) >= 11 is 0. The maximum absolute atomic E-state index is 12.6. The fraction of sp³-hybridized carbons (Fsp3) is 0.606. The van der Waals surface area contributed by atoms with Gasteiger partial charge in [0.05, 0.1) is 48.4 Å². The van der Waals surface area contributed by atoms with Gasteiger partial charge in [0.1, 0.15) is 5.82 Å². The second kappa shape index (κ2) is 13.3. The Balaban J connectivity index is 1.48. The molecule has 0 saturated carbocycles. The first-order valence-corrected chi connectivity index (χ1v) is 15.4. The maximum Gasteiger partial charge on any atom is 0.337 e. The van der Waals surface area contributed by atoms with Crippen molar-refractivity contribution in [1.29, 1.82) is 0 Å². The molecule has 3 aliphatic rings. The lowest BCUT2D eigenvalue weighted by atomic mass is 9.92. The molecule has 1 aromatic carbocycles. The van der Waals surface area contributed by atoms with Gasteiger partial charge in [-0.25, -0.2) is 9.78 Å². The Bertz CT molecular complexity index is 1380. The Morgan fingerprint density at radius 3 is 2.63 bits per heavy atom. The van der Waals surface area contributed by atoms with Gasteiger partial charge in [0.25, 0.3) is 0 Å². The highest BCUT2D eigenvalue weighted by molar-refractivity contribution is 5.78. The van der Waals surface area contributed by atoms with Crippen molar-refractivity contribution in [3.63, 3.8) is 0 Å². The number of piperidine rings is 1. The Morgan fingerprint density at radius 2 is 1.93 bits per heavy atom. The number of carboxylic acid groups (broad SMARTS) is 1. The number of benzene rings is 1. The number of anilines is 1. The largest absolute Gasteiger partial charge is 0.479 e. The van der Waals surface area contributed by atoms with Crippen LogP contribution < -0.4 is 4.90 Å². The second-order valence-corrected chi connectivity index (χ2v) is 13.0. The quantitative estimate of drug-likeness (QED) is 0.372. The number of rotatable bonds is 7. The minimum absolute atomic E-state index is 0.0986. The molecule has 2 unspecified atom stereocenters. The average Bonchev–Trinajstić information content (AvgIpc) is 3.36. The lowest BCUT2D eigenvalue weighted by Crippen LogP contribution is -2.46. The molecule has 0 radical (unpaired) electrons. The molecule has 234 valence electrons. The first-order valence-electron chi connectivity index (χ1n) is 15.4. The van der Waals surface area contributed by atoms with E-state index >= 15 is 0 Å². The lowest BCUT2D eigenvalue weighted by Gasteiger charge is -2.41. The Hall–Kier alpha value is -3.05. The van der Waals surface area contributed by atoms with Crippen LogP contribution in [0, 0.1) is 6.92 Å². The molecule has 10 nitrogen and oxygen atoms in total. The fourth-order valence-electron chi connectivity index (χ4n) is 5.86. The van der Waals surface area contributed by atoms with Crippen LogP contribution in [0.4, 0.5) is 5.82 Å². The molecule has 2 atom stereocenters. The summed E-state index contributed by atoms with van der Waals surface area (Å²) in [6.45, 7) is 13.0. The van der Waals surface area contributed by atoms with Crippen molar-refractivity contribution in [2.75, 3.05) is 31.2 Å². The van der Waals surface area contributed by atoms with E-state index < -0.39 is 17.7 Å². The predicted octanol–water partition coefficient (Wildman–Crippen LogP) is 5.64. The monoisotopic (exact) mass is 594 g/mol. The van der Waals surface area contributed by atoms with E-state index in [0.29, 0.717) is 62.2 Å². The van der Waals surface area contributed by atoms with Gasteiger partial charge in [0, 0.05) is 31.5 Å². The van der Waals surface area contributed by atoms with Crippen molar-refractivity contribution >= 4 is 17.4 Å². The molecule has 43 heavy (non-hydrogen) atoms. The van der Waals surface area contributed by atoms with Crippen LogP contribution in [0.15, 0.2) is 36.4 Å². The van der Waals surface area contributed by atoms with Gasteiger partial charge >= 0.3 is 5.97 Å². The number of hydrogen-bond donors (Lipinski definition) is 1. The summed E-state index contributed by atoms with van der Waals surface area (Å²) in [5.74, 6) is -0.343. The van der Waals surface area contributed by atoms with E-state index in [1.54, 1.807) is 4.52 Å². The number of nitrogens with zero attached hydrogens (tertiary/aromatic N) is 4. The van der Waals surface area contributed by atoms with Crippen LogP contribution in [0.25, 0.3) is 5.65 Å². The van der Waals surface area contributed by atoms with Crippen molar-refractivity contribution in [2.45, 2.75) is 103 Å². The summed E-state index contributed by atoms with van der Waals surface area (Å²) in [6.07, 6.45) is 3.12. The van der Waals surface area contributed by atoms with Crippen LogP contribution in [-0.4, -0.2) is 69.3 Å². The van der Waals surface area contributed by atoms with Crippen molar-refractivity contribution < 1.29 is 28.8 Å². The number of hydrogen-bond acceptors (Lipinski definition) is 8. The molecule has 0 spiro atoms. The number of aromatic nitrogens is 3. The van der Waals surface area contributed by atoms with E-state index in [1.165, 1.54) is 0 Å². The third-order valence-electron chi connectivity index (χ3n) is 8.19. The van der Waals surface area contributed by atoms with E-state index in [0.717, 1.165) is 43.4 Å². The average molecular weight is 595 g/mol. The van der Waals surface area contributed by atoms with Crippen LogP contribution in [0.1, 0.15) is 88.4 Å². The summed E-state index contributed by atoms with van der Waals surface area (Å²) in [5.41, 5.74) is 2.74. The van der Waals surface area contributed by atoms with E-state index in [4.69, 9.17) is 29.0 Å². The molecule has 6 rings (SSSR count). The maximum atomic E-state index is 12.6. The third-order valence-corrected chi connectivity index (χ3v) is 8.19. The van der Waals surface area contributed by atoms with E-state index in [-0.39, 0.29) is 11.7 Å². The highest BCUT2D eigenvalue weighted by atomic mass is 16.5. The first-order chi connectivity index (χ1) is 20.5. The molecule has 0 amide bonds. The first kappa shape index (κ1) is 31.4. The lowest BCUT2D eigenvalue weighted by molar-refractivity contribution is -0.160. The summed E-state index contributed by atoms with van der Waals surface area (Å²) in [7, 11) is 0. The molecule has 2 aromatic heterocycles. The summed E-state index contributed by atoms with van der Waals surface area (Å²) in [4.78, 5) is 19.7. The molecule has 1 fully saturated rings. The molecular formula is C33H46N4O6. The van der Waals surface area contributed by atoms with E-state index in [2.05, 4.69) is 24.0 Å². The Morgan fingerprint density at radius 1 is 1.19 bits per heavy atom. The van der Waals surface area contributed by atoms with Crippen LogP contribution in [0.5, 0.6) is 0 Å². The summed E-state index contributed by atoms with van der Waals surface area (Å²) < 4.78 is 26.8. The predicted molar refractivity (Wildman–Crippen MR) is 163 cm³/mol. The molecule has 4 bridgehead atoms. The van der Waals surface area contributed by atoms with Gasteiger partial charge in [-0.15, -0.1) is 0 Å². The molecule has 0 aliphatic carbocycles. The second-order valence-electron chi connectivity index (χ2n) is 13.0. The smallest absolute Gasteiger partial charge is 0.337 e. The van der Waals surface area contributed by atoms with Gasteiger partial charge in [-0.3, -0.25) is 0 Å². The van der Waals surface area contributed by atoms with Crippen LogP contribution in [0.2, 0.25) is 0 Å². The minimum atomic E-state index is -1.20. The Kier molecular flexibility index (Phi) is 9.70. The number of carboxylic acids is 1. The molecule has 1 saturated heterocycles. The topological polar surface area (TPSA) is 108 Å². The molecular weight excluding hydrogens is 548 g/mol. The zero-order chi connectivity index (χ0) is 30.6. The van der Waals surface area contributed by atoms with Crippen molar-refractivity contribution in [3.05, 3.63) is 58.9 Å². The molecule has 10 heteroatoms. The van der Waals surface area contributed by atoms with Gasteiger partial charge in [0.2, 0.25) is 0 Å². The molecule has 1 N–H and O–H groups in total. The SMILES string of the molecule is Cc1nc2cc3nn2c(c1C(OC(C)(C)C)C(=O)O)N1CCC(C)(CC1)OCCCCC(COCc1ccccc1)OC3. The number of ether oxygens (including phenoxy) is 4. The van der Waals surface area contributed by atoms with Crippen LogP contribution in [-0.2, 0) is 37.0 Å².